The Morgan fingerprint density at radius 3 is 2.00 bits per heavy atom. The molecule has 0 saturated carbocycles. The third-order valence-electron chi connectivity index (χ3n) is 3.47. The van der Waals surface area contributed by atoms with Crippen LogP contribution < -0.4 is 9.47 Å². The van der Waals surface area contributed by atoms with Crippen molar-refractivity contribution < 1.29 is 28.4 Å². The van der Waals surface area contributed by atoms with Gasteiger partial charge in [-0.1, -0.05) is 30.4 Å². The molecule has 0 N–H and O–H groups in total. The summed E-state index contributed by atoms with van der Waals surface area (Å²) in [5.74, 6) is -0.867. The molecule has 0 fully saturated rings. The molecule has 0 aromatic heterocycles. The monoisotopic (exact) mass is 371 g/mol. The second kappa shape index (κ2) is 12.4. The van der Waals surface area contributed by atoms with Gasteiger partial charge in [0.2, 0.25) is 0 Å². The first-order valence-electron chi connectivity index (χ1n) is 8.15. The fourth-order valence-corrected chi connectivity index (χ4v) is 2.35. The van der Waals surface area contributed by atoms with Gasteiger partial charge in [0, 0.05) is 0 Å². The minimum atomic E-state index is -0.845. The molecule has 0 aliphatic rings. The summed E-state index contributed by atoms with van der Waals surface area (Å²) in [6, 6.07) is 5.10. The van der Waals surface area contributed by atoms with Gasteiger partial charge in [-0.3, -0.25) is 9.59 Å². The Bertz CT molecular complexity index is 536. The summed E-state index contributed by atoms with van der Waals surface area (Å²) in [7, 11) is 4.14. The first-order valence-corrected chi connectivity index (χ1v) is 8.62. The molecule has 0 spiro atoms. The molecule has 0 saturated heterocycles. The number of Topliss-reactive ketones (excluding diaryl/α,β-unsaturated/α-hetero) is 1. The molecule has 7 heteroatoms. The van der Waals surface area contributed by atoms with Crippen molar-refractivity contribution in [3.05, 3.63) is 23.8 Å². The first kappa shape index (κ1) is 23.1. The van der Waals surface area contributed by atoms with E-state index in [1.807, 2.05) is 6.92 Å². The van der Waals surface area contributed by atoms with Gasteiger partial charge in [-0.15, -0.1) is 0 Å². The standard InChI is InChI=1S/C18H26O5.H2OP/c1-6-7-9-13(18(20)23-12(2)3)17(19)16-14(21-4)10-8-11-15(16)22-5;1-2/h8,10-13H,6-7,9H2,1-5H3;2H2/q;+1. The zero-order chi connectivity index (χ0) is 19.4. The molecule has 140 valence electrons. The van der Waals surface area contributed by atoms with Crippen molar-refractivity contribution in [3.63, 3.8) is 0 Å². The Hall–Kier alpha value is -1.94. The number of hydrogen-bond acceptors (Lipinski definition) is 6. The highest BCUT2D eigenvalue weighted by atomic mass is 31.0. The van der Waals surface area contributed by atoms with Crippen LogP contribution in [0.4, 0.5) is 0 Å². The van der Waals surface area contributed by atoms with Crippen LogP contribution in [0.25, 0.3) is 0 Å². The maximum atomic E-state index is 13.0. The lowest BCUT2D eigenvalue weighted by Gasteiger charge is -2.19. The Morgan fingerprint density at radius 2 is 1.60 bits per heavy atom. The largest absolute Gasteiger partial charge is 0.496 e. The third kappa shape index (κ3) is 6.83. The molecule has 0 heterocycles. The van der Waals surface area contributed by atoms with E-state index in [0.717, 1.165) is 12.8 Å². The van der Waals surface area contributed by atoms with Crippen LogP contribution in [0.1, 0.15) is 50.4 Å². The number of rotatable bonds is 9. The van der Waals surface area contributed by atoms with E-state index in [0.29, 0.717) is 23.5 Å². The second-order valence-corrected chi connectivity index (χ2v) is 5.58. The molecule has 0 bridgehead atoms. The van der Waals surface area contributed by atoms with Crippen molar-refractivity contribution in [3.8, 4) is 11.5 Å². The van der Waals surface area contributed by atoms with Gasteiger partial charge < -0.3 is 14.2 Å². The summed E-state index contributed by atoms with van der Waals surface area (Å²) in [6.45, 7) is 5.55. The van der Waals surface area contributed by atoms with Crippen molar-refractivity contribution in [1.82, 2.24) is 0 Å². The predicted molar refractivity (Wildman–Crippen MR) is 98.5 cm³/mol. The number of methoxy groups -OCH3 is 2. The zero-order valence-corrected chi connectivity index (χ0v) is 16.7. The number of hydrogen-bond donors (Lipinski definition) is 0. The number of unbranched alkanes of at least 4 members (excludes halogenated alkanes) is 1. The van der Waals surface area contributed by atoms with Crippen molar-refractivity contribution in [2.75, 3.05) is 14.2 Å². The Balaban J connectivity index is 0.00000277. The molecule has 1 rings (SSSR count). The summed E-state index contributed by atoms with van der Waals surface area (Å²) < 4.78 is 24.0. The molecule has 1 aromatic carbocycles. The Morgan fingerprint density at radius 1 is 1.08 bits per heavy atom. The number of ketones is 1. The average Bonchev–Trinajstić information content (AvgIpc) is 2.62. The maximum absolute atomic E-state index is 13.0. The van der Waals surface area contributed by atoms with Gasteiger partial charge in [0.1, 0.15) is 23.0 Å². The van der Waals surface area contributed by atoms with Gasteiger partial charge in [0.25, 0.3) is 0 Å². The number of esters is 1. The summed E-state index contributed by atoms with van der Waals surface area (Å²) in [5.41, 5.74) is 0.291. The normalized spacial score (nSPS) is 11.1. The van der Waals surface area contributed by atoms with E-state index in [4.69, 9.17) is 18.8 Å². The van der Waals surface area contributed by atoms with Crippen molar-refractivity contribution >= 4 is 20.9 Å². The van der Waals surface area contributed by atoms with E-state index in [1.54, 1.807) is 32.0 Å². The summed E-state index contributed by atoms with van der Waals surface area (Å²) in [6.07, 6.45) is 1.84. The molecule has 25 heavy (non-hydrogen) atoms. The van der Waals surface area contributed by atoms with E-state index in [2.05, 4.69) is 0 Å². The SMILES string of the molecule is CCCCC(C(=O)OC(C)C)C(=O)c1c(OC)cccc1OC.O=[PH2+]. The van der Waals surface area contributed by atoms with Crippen LogP contribution in [0.5, 0.6) is 11.5 Å². The van der Waals surface area contributed by atoms with Gasteiger partial charge in [-0.05, 0) is 32.4 Å². The van der Waals surface area contributed by atoms with Crippen LogP contribution in [0.3, 0.4) is 0 Å². The highest BCUT2D eigenvalue weighted by molar-refractivity contribution is 7.00. The molecule has 1 aromatic rings. The molecule has 2 unspecified atom stereocenters. The van der Waals surface area contributed by atoms with E-state index < -0.39 is 11.9 Å². The number of carbonyl (C=O) groups is 2. The van der Waals surface area contributed by atoms with Crippen LogP contribution in [0.15, 0.2) is 18.2 Å². The average molecular weight is 371 g/mol. The fourth-order valence-electron chi connectivity index (χ4n) is 2.35. The van der Waals surface area contributed by atoms with Crippen LogP contribution in [0.2, 0.25) is 0 Å². The van der Waals surface area contributed by atoms with Crippen LogP contribution in [-0.2, 0) is 14.1 Å². The topological polar surface area (TPSA) is 78.9 Å². The van der Waals surface area contributed by atoms with Crippen LogP contribution >= 0.6 is 9.12 Å². The Labute approximate surface area is 151 Å². The predicted octanol–water partition coefficient (Wildman–Crippen LogP) is 3.85. The molecule has 2 atom stereocenters. The quantitative estimate of drug-likeness (QED) is 0.284. The molecule has 0 aliphatic heterocycles. The molecule has 6 nitrogen and oxygen atoms in total. The van der Waals surface area contributed by atoms with Crippen LogP contribution in [0, 0.1) is 5.92 Å². The maximum Gasteiger partial charge on any atom is 0.317 e. The van der Waals surface area contributed by atoms with Gasteiger partial charge >= 0.3 is 15.1 Å². The second-order valence-electron chi connectivity index (χ2n) is 5.58. The first-order chi connectivity index (χ1) is 12.0. The molecular weight excluding hydrogens is 343 g/mol. The van der Waals surface area contributed by atoms with E-state index in [-0.39, 0.29) is 11.9 Å². The molecule has 0 radical (unpaired) electrons. The van der Waals surface area contributed by atoms with Gasteiger partial charge in [-0.25, -0.2) is 0 Å². The zero-order valence-electron chi connectivity index (χ0n) is 15.5. The minimum Gasteiger partial charge on any atom is -0.496 e. The van der Waals surface area contributed by atoms with Gasteiger partial charge in [0.15, 0.2) is 5.78 Å². The van der Waals surface area contributed by atoms with Crippen molar-refractivity contribution in [2.24, 2.45) is 5.92 Å². The summed E-state index contributed by atoms with van der Waals surface area (Å²) in [4.78, 5) is 25.3. The smallest absolute Gasteiger partial charge is 0.317 e. The Kier molecular flexibility index (Phi) is 11.5. The molecular formula is C18H28O6P+. The fraction of sp³-hybridized carbons (Fsp3) is 0.556. The van der Waals surface area contributed by atoms with Crippen molar-refractivity contribution in [1.29, 1.82) is 0 Å². The minimum absolute atomic E-state index is 0.265. The van der Waals surface area contributed by atoms with Crippen molar-refractivity contribution in [2.45, 2.75) is 46.1 Å². The molecule has 0 aliphatic carbocycles. The highest BCUT2D eigenvalue weighted by Crippen LogP contribution is 2.32. The number of carbonyl (C=O) groups excluding carboxylic acids is 2. The van der Waals surface area contributed by atoms with Gasteiger partial charge in [0.05, 0.1) is 20.3 Å². The molecule has 0 amide bonds. The lowest BCUT2D eigenvalue weighted by Crippen LogP contribution is -2.29. The highest BCUT2D eigenvalue weighted by Gasteiger charge is 2.33. The number of benzene rings is 1. The third-order valence-corrected chi connectivity index (χ3v) is 3.47. The summed E-state index contributed by atoms with van der Waals surface area (Å²) in [5, 5.41) is 0. The van der Waals surface area contributed by atoms with Crippen LogP contribution in [-0.4, -0.2) is 32.1 Å². The van der Waals surface area contributed by atoms with Gasteiger partial charge in [-0.2, -0.15) is 0 Å². The summed E-state index contributed by atoms with van der Waals surface area (Å²) >= 11 is 0. The lowest BCUT2D eigenvalue weighted by atomic mass is 9.91. The lowest BCUT2D eigenvalue weighted by molar-refractivity contribution is -0.150. The number of ether oxygens (including phenoxy) is 3. The van der Waals surface area contributed by atoms with E-state index in [9.17, 15) is 9.59 Å². The van der Waals surface area contributed by atoms with E-state index in [1.165, 1.54) is 23.3 Å². The van der Waals surface area contributed by atoms with E-state index >= 15 is 0 Å².